The van der Waals surface area contributed by atoms with E-state index in [9.17, 15) is 9.90 Å². The highest BCUT2D eigenvalue weighted by atomic mass is 16.6. The van der Waals surface area contributed by atoms with Gasteiger partial charge < -0.3 is 14.6 Å². The van der Waals surface area contributed by atoms with Gasteiger partial charge in [-0.05, 0) is 13.0 Å². The fourth-order valence-electron chi connectivity index (χ4n) is 1.28. The second kappa shape index (κ2) is 4.79. The van der Waals surface area contributed by atoms with E-state index in [1.165, 1.54) is 14.0 Å². The minimum absolute atomic E-state index is 0.280. The summed E-state index contributed by atoms with van der Waals surface area (Å²) in [6.45, 7) is 2.90. The van der Waals surface area contributed by atoms with E-state index in [1.807, 2.05) is 0 Å². The number of ether oxygens (including phenoxy) is 2. The number of benzene rings is 1. The zero-order chi connectivity index (χ0) is 11.4. The Balaban J connectivity index is 3.20. The van der Waals surface area contributed by atoms with Gasteiger partial charge in [0.2, 0.25) is 0 Å². The molecule has 0 radical (unpaired) electrons. The molecule has 1 aromatic rings. The van der Waals surface area contributed by atoms with Crippen molar-refractivity contribution in [1.82, 2.24) is 0 Å². The highest BCUT2D eigenvalue weighted by Gasteiger charge is 2.15. The van der Waals surface area contributed by atoms with Crippen LogP contribution in [0.15, 0.2) is 18.2 Å². The molecular weight excluding hydrogens is 196 g/mol. The van der Waals surface area contributed by atoms with E-state index in [0.717, 1.165) is 0 Å². The van der Waals surface area contributed by atoms with E-state index in [1.54, 1.807) is 25.1 Å². The van der Waals surface area contributed by atoms with Gasteiger partial charge in [0.05, 0.1) is 13.2 Å². The first-order valence-corrected chi connectivity index (χ1v) is 4.59. The summed E-state index contributed by atoms with van der Waals surface area (Å²) in [4.78, 5) is 10.9. The Morgan fingerprint density at radius 1 is 1.47 bits per heavy atom. The van der Waals surface area contributed by atoms with Crippen molar-refractivity contribution in [2.75, 3.05) is 7.11 Å². The van der Waals surface area contributed by atoms with Gasteiger partial charge in [-0.1, -0.05) is 12.1 Å². The molecule has 1 N–H and O–H groups in total. The van der Waals surface area contributed by atoms with E-state index < -0.39 is 12.1 Å². The molecule has 0 heterocycles. The van der Waals surface area contributed by atoms with Crippen LogP contribution in [0.1, 0.15) is 25.5 Å². The number of aliphatic hydroxyl groups is 1. The molecule has 1 atom stereocenters. The average molecular weight is 210 g/mol. The van der Waals surface area contributed by atoms with E-state index in [0.29, 0.717) is 11.3 Å². The van der Waals surface area contributed by atoms with Crippen molar-refractivity contribution in [2.45, 2.75) is 20.0 Å². The predicted octanol–water partition coefficient (Wildman–Crippen LogP) is 1.67. The number of carbonyl (C=O) groups is 1. The summed E-state index contributed by atoms with van der Waals surface area (Å²) in [5.74, 6) is 0.271. The molecule has 0 amide bonds. The predicted molar refractivity (Wildman–Crippen MR) is 54.9 cm³/mol. The van der Waals surface area contributed by atoms with Crippen molar-refractivity contribution in [2.24, 2.45) is 0 Å². The zero-order valence-corrected chi connectivity index (χ0v) is 8.98. The Morgan fingerprint density at radius 3 is 2.60 bits per heavy atom. The molecule has 0 fully saturated rings. The maximum Gasteiger partial charge on any atom is 0.308 e. The number of hydrogen-bond donors (Lipinski definition) is 1. The van der Waals surface area contributed by atoms with Gasteiger partial charge in [0.25, 0.3) is 0 Å². The third-order valence-electron chi connectivity index (χ3n) is 1.93. The third-order valence-corrected chi connectivity index (χ3v) is 1.93. The van der Waals surface area contributed by atoms with Gasteiger partial charge in [0.1, 0.15) is 0 Å². The van der Waals surface area contributed by atoms with E-state index in [-0.39, 0.29) is 5.75 Å². The lowest BCUT2D eigenvalue weighted by Gasteiger charge is -2.14. The van der Waals surface area contributed by atoms with E-state index in [2.05, 4.69) is 0 Å². The van der Waals surface area contributed by atoms with E-state index in [4.69, 9.17) is 9.47 Å². The van der Waals surface area contributed by atoms with Crippen LogP contribution in [0.25, 0.3) is 0 Å². The SMILES string of the molecule is COc1cccc(C(C)O)c1OC(C)=O. The lowest BCUT2D eigenvalue weighted by Crippen LogP contribution is -2.07. The van der Waals surface area contributed by atoms with Crippen molar-refractivity contribution in [3.8, 4) is 11.5 Å². The number of esters is 1. The maximum absolute atomic E-state index is 10.9. The number of methoxy groups -OCH3 is 1. The van der Waals surface area contributed by atoms with Crippen LogP contribution in [0.4, 0.5) is 0 Å². The first-order chi connectivity index (χ1) is 7.06. The molecule has 0 aromatic heterocycles. The molecule has 4 heteroatoms. The highest BCUT2D eigenvalue weighted by Crippen LogP contribution is 2.34. The smallest absolute Gasteiger partial charge is 0.308 e. The number of carbonyl (C=O) groups excluding carboxylic acids is 1. The highest BCUT2D eigenvalue weighted by molar-refractivity contribution is 5.71. The van der Waals surface area contributed by atoms with Crippen molar-refractivity contribution in [3.05, 3.63) is 23.8 Å². The second-order valence-corrected chi connectivity index (χ2v) is 3.15. The van der Waals surface area contributed by atoms with Gasteiger partial charge in [-0.2, -0.15) is 0 Å². The summed E-state index contributed by atoms with van der Waals surface area (Å²) < 4.78 is 10.1. The van der Waals surface area contributed by atoms with Gasteiger partial charge in [0.15, 0.2) is 11.5 Å². The molecule has 1 unspecified atom stereocenters. The van der Waals surface area contributed by atoms with Gasteiger partial charge in [-0.25, -0.2) is 0 Å². The zero-order valence-electron chi connectivity index (χ0n) is 8.98. The van der Waals surface area contributed by atoms with Gasteiger partial charge in [-0.15, -0.1) is 0 Å². The lowest BCUT2D eigenvalue weighted by molar-refractivity contribution is -0.132. The van der Waals surface area contributed by atoms with Gasteiger partial charge >= 0.3 is 5.97 Å². The summed E-state index contributed by atoms with van der Waals surface area (Å²) in [5, 5.41) is 9.49. The third kappa shape index (κ3) is 2.70. The minimum atomic E-state index is -0.713. The van der Waals surface area contributed by atoms with Crippen LogP contribution in [-0.4, -0.2) is 18.2 Å². The number of para-hydroxylation sites is 1. The second-order valence-electron chi connectivity index (χ2n) is 3.15. The van der Waals surface area contributed by atoms with Crippen LogP contribution in [-0.2, 0) is 4.79 Å². The van der Waals surface area contributed by atoms with Crippen molar-refractivity contribution in [3.63, 3.8) is 0 Å². The fraction of sp³-hybridized carbons (Fsp3) is 0.364. The van der Waals surface area contributed by atoms with Crippen molar-refractivity contribution < 1.29 is 19.4 Å². The molecule has 15 heavy (non-hydrogen) atoms. The molecule has 0 aliphatic heterocycles. The Kier molecular flexibility index (Phi) is 3.68. The topological polar surface area (TPSA) is 55.8 Å². The molecule has 0 bridgehead atoms. The fourth-order valence-corrected chi connectivity index (χ4v) is 1.28. The van der Waals surface area contributed by atoms with Crippen molar-refractivity contribution in [1.29, 1.82) is 0 Å². The van der Waals surface area contributed by atoms with Crippen LogP contribution in [0.3, 0.4) is 0 Å². The first kappa shape index (κ1) is 11.5. The summed E-state index contributed by atoms with van der Waals surface area (Å²) in [6, 6.07) is 5.09. The quantitative estimate of drug-likeness (QED) is 0.609. The lowest BCUT2D eigenvalue weighted by atomic mass is 10.1. The van der Waals surface area contributed by atoms with Crippen LogP contribution < -0.4 is 9.47 Å². The molecule has 0 saturated heterocycles. The Bertz CT molecular complexity index is 358. The van der Waals surface area contributed by atoms with E-state index >= 15 is 0 Å². The first-order valence-electron chi connectivity index (χ1n) is 4.59. The van der Waals surface area contributed by atoms with Crippen LogP contribution in [0.5, 0.6) is 11.5 Å². The van der Waals surface area contributed by atoms with Crippen LogP contribution in [0.2, 0.25) is 0 Å². The summed E-state index contributed by atoms with van der Waals surface area (Å²) >= 11 is 0. The normalized spacial score (nSPS) is 12.0. The molecule has 0 saturated carbocycles. The van der Waals surface area contributed by atoms with Crippen LogP contribution >= 0.6 is 0 Å². The number of hydrogen-bond acceptors (Lipinski definition) is 4. The molecular formula is C11H14O4. The van der Waals surface area contributed by atoms with Crippen molar-refractivity contribution >= 4 is 5.97 Å². The summed E-state index contributed by atoms with van der Waals surface area (Å²) in [5.41, 5.74) is 0.532. The largest absolute Gasteiger partial charge is 0.493 e. The monoisotopic (exact) mass is 210 g/mol. The standard InChI is InChI=1S/C11H14O4/c1-7(12)9-5-4-6-10(14-3)11(9)15-8(2)13/h4-7,12H,1-3H3. The Labute approximate surface area is 88.4 Å². The molecule has 82 valence electrons. The average Bonchev–Trinajstić information content (AvgIpc) is 2.16. The van der Waals surface area contributed by atoms with Crippen LogP contribution in [0, 0.1) is 0 Å². The van der Waals surface area contributed by atoms with Gasteiger partial charge in [0, 0.05) is 12.5 Å². The molecule has 0 aliphatic rings. The summed E-state index contributed by atoms with van der Waals surface area (Å²) in [6.07, 6.45) is -0.713. The molecule has 0 spiro atoms. The molecule has 0 aliphatic carbocycles. The maximum atomic E-state index is 10.9. The summed E-state index contributed by atoms with van der Waals surface area (Å²) in [7, 11) is 1.48. The number of aliphatic hydroxyl groups excluding tert-OH is 1. The Morgan fingerprint density at radius 2 is 2.13 bits per heavy atom. The molecule has 1 rings (SSSR count). The molecule has 4 nitrogen and oxygen atoms in total. The Hall–Kier alpha value is -1.55. The minimum Gasteiger partial charge on any atom is -0.493 e. The number of rotatable bonds is 3. The van der Waals surface area contributed by atoms with Gasteiger partial charge in [-0.3, -0.25) is 4.79 Å². The molecule has 1 aromatic carbocycles.